The van der Waals surface area contributed by atoms with Crippen molar-refractivity contribution >= 4 is 11.5 Å². The van der Waals surface area contributed by atoms with E-state index in [1.54, 1.807) is 0 Å². The van der Waals surface area contributed by atoms with E-state index >= 15 is 0 Å². The van der Waals surface area contributed by atoms with Gasteiger partial charge in [0.05, 0.1) is 6.54 Å². The molecule has 1 heterocycles. The lowest BCUT2D eigenvalue weighted by molar-refractivity contribution is 0.584. The Kier molecular flexibility index (Phi) is 4.15. The van der Waals surface area contributed by atoms with Crippen LogP contribution in [-0.4, -0.2) is 8.52 Å². The second kappa shape index (κ2) is 5.82. The van der Waals surface area contributed by atoms with Gasteiger partial charge in [0, 0.05) is 18.1 Å². The summed E-state index contributed by atoms with van der Waals surface area (Å²) in [4.78, 5) is 23.6. The van der Waals surface area contributed by atoms with Crippen LogP contribution >= 0.6 is 11.5 Å². The zero-order chi connectivity index (χ0) is 13.0. The molecule has 0 unspecified atom stereocenters. The topological polar surface area (TPSA) is 44.0 Å². The van der Waals surface area contributed by atoms with E-state index in [0.717, 1.165) is 29.9 Å². The van der Waals surface area contributed by atoms with Gasteiger partial charge in [-0.05, 0) is 12.0 Å². The fraction of sp³-hybridized carbons (Fsp3) is 0.385. The van der Waals surface area contributed by atoms with Crippen LogP contribution in [0, 0.1) is 0 Å². The third-order valence-electron chi connectivity index (χ3n) is 2.76. The lowest BCUT2D eigenvalue weighted by Gasteiger charge is -2.00. The van der Waals surface area contributed by atoms with Crippen LogP contribution in [0.15, 0.2) is 39.9 Å². The van der Waals surface area contributed by atoms with Gasteiger partial charge in [-0.1, -0.05) is 43.7 Å². The Morgan fingerprint density at radius 3 is 2.56 bits per heavy atom. The highest BCUT2D eigenvalue weighted by Gasteiger charge is 2.09. The molecule has 1 aromatic heterocycles. The fourth-order valence-corrected chi connectivity index (χ4v) is 2.59. The molecule has 0 saturated heterocycles. The molecule has 5 heteroatoms. The van der Waals surface area contributed by atoms with Crippen molar-refractivity contribution in [3.8, 4) is 0 Å². The van der Waals surface area contributed by atoms with Gasteiger partial charge in [-0.3, -0.25) is 4.79 Å². The number of hydrogen-bond acceptors (Lipinski definition) is 3. The van der Waals surface area contributed by atoms with Gasteiger partial charge in [0.25, 0.3) is 0 Å². The van der Waals surface area contributed by atoms with E-state index in [1.165, 1.54) is 8.52 Å². The van der Waals surface area contributed by atoms with Crippen LogP contribution in [0.3, 0.4) is 0 Å². The summed E-state index contributed by atoms with van der Waals surface area (Å²) in [6, 6.07) is 9.69. The lowest BCUT2D eigenvalue weighted by Crippen LogP contribution is -2.29. The van der Waals surface area contributed by atoms with Crippen LogP contribution in [0.4, 0.5) is 0 Å². The van der Waals surface area contributed by atoms with Crippen molar-refractivity contribution < 1.29 is 0 Å². The summed E-state index contributed by atoms with van der Waals surface area (Å²) in [5.74, 6) is 0. The SMILES string of the molecule is CCCCn1c(=O)sn(Cc2ccccc2)c1=O. The van der Waals surface area contributed by atoms with E-state index in [4.69, 9.17) is 0 Å². The first kappa shape index (κ1) is 12.8. The van der Waals surface area contributed by atoms with Gasteiger partial charge in [0.2, 0.25) is 0 Å². The summed E-state index contributed by atoms with van der Waals surface area (Å²) in [6.07, 6.45) is 1.83. The molecule has 0 atom stereocenters. The summed E-state index contributed by atoms with van der Waals surface area (Å²) >= 11 is 0.998. The molecular weight excluding hydrogens is 248 g/mol. The highest BCUT2D eigenvalue weighted by molar-refractivity contribution is 7.03. The van der Waals surface area contributed by atoms with Gasteiger partial charge in [-0.15, -0.1) is 0 Å². The Hall–Kier alpha value is -1.62. The zero-order valence-electron chi connectivity index (χ0n) is 10.3. The molecule has 0 aliphatic rings. The molecular formula is C13H16N2O2S. The Morgan fingerprint density at radius 2 is 1.89 bits per heavy atom. The fourth-order valence-electron chi connectivity index (χ4n) is 1.75. The van der Waals surface area contributed by atoms with Crippen molar-refractivity contribution in [2.45, 2.75) is 32.9 Å². The van der Waals surface area contributed by atoms with Gasteiger partial charge < -0.3 is 0 Å². The molecule has 0 spiro atoms. The average Bonchev–Trinajstić information content (AvgIpc) is 2.64. The van der Waals surface area contributed by atoms with E-state index in [0.29, 0.717) is 13.1 Å². The van der Waals surface area contributed by atoms with Crippen molar-refractivity contribution in [2.75, 3.05) is 0 Å². The molecule has 0 amide bonds. The molecule has 2 aromatic rings. The van der Waals surface area contributed by atoms with E-state index in [9.17, 15) is 9.59 Å². The maximum absolute atomic E-state index is 12.0. The predicted octanol–water partition coefficient (Wildman–Crippen LogP) is 1.92. The molecule has 4 nitrogen and oxygen atoms in total. The lowest BCUT2D eigenvalue weighted by atomic mass is 10.2. The van der Waals surface area contributed by atoms with Crippen LogP contribution in [0.2, 0.25) is 0 Å². The average molecular weight is 264 g/mol. The van der Waals surface area contributed by atoms with Crippen LogP contribution in [0.5, 0.6) is 0 Å². The number of hydrogen-bond donors (Lipinski definition) is 0. The number of unbranched alkanes of at least 4 members (excludes halogenated alkanes) is 1. The van der Waals surface area contributed by atoms with Crippen LogP contribution in [0.25, 0.3) is 0 Å². The molecule has 0 saturated carbocycles. The summed E-state index contributed by atoms with van der Waals surface area (Å²) < 4.78 is 2.85. The molecule has 0 N–H and O–H groups in total. The maximum atomic E-state index is 12.0. The molecule has 0 radical (unpaired) electrons. The maximum Gasteiger partial charge on any atom is 0.341 e. The molecule has 0 aliphatic carbocycles. The van der Waals surface area contributed by atoms with E-state index < -0.39 is 0 Å². The first-order chi connectivity index (χ1) is 8.72. The molecule has 0 fully saturated rings. The molecule has 2 rings (SSSR count). The normalized spacial score (nSPS) is 10.7. The Morgan fingerprint density at radius 1 is 1.17 bits per heavy atom. The van der Waals surface area contributed by atoms with Crippen molar-refractivity contribution in [1.82, 2.24) is 8.52 Å². The van der Waals surface area contributed by atoms with Gasteiger partial charge in [0.15, 0.2) is 0 Å². The third-order valence-corrected chi connectivity index (χ3v) is 3.64. The standard InChI is InChI=1S/C13H16N2O2S/c1-2-3-9-14-12(16)15(18-13(14)17)10-11-7-5-4-6-8-11/h4-8H,2-3,9-10H2,1H3. The highest BCUT2D eigenvalue weighted by Crippen LogP contribution is 2.01. The van der Waals surface area contributed by atoms with Crippen LogP contribution in [-0.2, 0) is 13.1 Å². The van der Waals surface area contributed by atoms with Gasteiger partial charge in [-0.25, -0.2) is 13.3 Å². The Balaban J connectivity index is 2.25. The van der Waals surface area contributed by atoms with Crippen LogP contribution in [0.1, 0.15) is 25.3 Å². The minimum Gasteiger partial charge on any atom is -0.255 e. The van der Waals surface area contributed by atoms with Gasteiger partial charge in [-0.2, -0.15) is 0 Å². The summed E-state index contributed by atoms with van der Waals surface area (Å²) in [7, 11) is 0. The van der Waals surface area contributed by atoms with Crippen molar-refractivity contribution in [2.24, 2.45) is 0 Å². The molecule has 1 aromatic carbocycles. The number of rotatable bonds is 5. The second-order valence-electron chi connectivity index (χ2n) is 4.17. The number of nitrogens with zero attached hydrogens (tertiary/aromatic N) is 2. The molecule has 0 aliphatic heterocycles. The van der Waals surface area contributed by atoms with E-state index in [-0.39, 0.29) is 10.6 Å². The minimum absolute atomic E-state index is 0.163. The molecule has 96 valence electrons. The minimum atomic E-state index is -0.192. The van der Waals surface area contributed by atoms with E-state index in [2.05, 4.69) is 0 Å². The van der Waals surface area contributed by atoms with Crippen LogP contribution < -0.4 is 10.6 Å². The monoisotopic (exact) mass is 264 g/mol. The van der Waals surface area contributed by atoms with Gasteiger partial charge in [0.1, 0.15) is 0 Å². The zero-order valence-corrected chi connectivity index (χ0v) is 11.2. The van der Waals surface area contributed by atoms with Crippen molar-refractivity contribution in [3.63, 3.8) is 0 Å². The highest BCUT2D eigenvalue weighted by atomic mass is 32.1. The summed E-state index contributed by atoms with van der Waals surface area (Å²) in [5, 5.41) is 0. The largest absolute Gasteiger partial charge is 0.341 e. The summed E-state index contributed by atoms with van der Waals surface area (Å²) in [5.41, 5.74) is 0.839. The molecule has 18 heavy (non-hydrogen) atoms. The third kappa shape index (κ3) is 2.79. The Bertz CT molecular complexity index is 610. The quantitative estimate of drug-likeness (QED) is 0.828. The smallest absolute Gasteiger partial charge is 0.255 e. The van der Waals surface area contributed by atoms with Crippen molar-refractivity contribution in [3.05, 3.63) is 56.0 Å². The predicted molar refractivity (Wildman–Crippen MR) is 73.3 cm³/mol. The first-order valence-electron chi connectivity index (χ1n) is 6.07. The first-order valence-corrected chi connectivity index (χ1v) is 6.84. The number of aromatic nitrogens is 2. The van der Waals surface area contributed by atoms with Gasteiger partial charge >= 0.3 is 10.6 Å². The van der Waals surface area contributed by atoms with Crippen molar-refractivity contribution in [1.29, 1.82) is 0 Å². The molecule has 0 bridgehead atoms. The number of benzene rings is 1. The Labute approximate surface area is 109 Å². The summed E-state index contributed by atoms with van der Waals surface area (Å²) in [6.45, 7) is 3.03. The second-order valence-corrected chi connectivity index (χ2v) is 5.14. The van der Waals surface area contributed by atoms with E-state index in [1.807, 2.05) is 37.3 Å².